The summed E-state index contributed by atoms with van der Waals surface area (Å²) in [7, 11) is 6.18. The Morgan fingerprint density at radius 2 is 1.36 bits per heavy atom. The molecule has 11 N–H and O–H groups in total. The van der Waals surface area contributed by atoms with Crippen LogP contribution in [0.3, 0.4) is 0 Å². The highest BCUT2D eigenvalue weighted by Gasteiger charge is 2.44. The normalized spacial score (nSPS) is 17.6. The molecule has 0 spiro atoms. The Balaban J connectivity index is 1.71. The minimum Gasteiger partial charge on any atom is -0.481 e. The molecular formula is C63H102N10O15. The van der Waals surface area contributed by atoms with Crippen molar-refractivity contribution in [2.24, 2.45) is 35.3 Å². The molecule has 25 heteroatoms. The number of hydrogen-bond donors (Lipinski definition) is 10. The van der Waals surface area contributed by atoms with Gasteiger partial charge in [-0.05, 0) is 86.0 Å². The number of nitrogens with two attached hydrogens (primary N) is 1. The fourth-order valence-electron chi connectivity index (χ4n) is 11.3. The lowest BCUT2D eigenvalue weighted by Crippen LogP contribution is -2.60. The standard InChI is InChI=1S/C63H102N10O15/c1-15-39(8)54(47(86-13)34-49(75)73-33-21-25-46(73)56(87-14)40(9)57(79)66-41(10)55(78)43-22-17-16-18-23-43)71(11)61(83)52(37(4)5)70-60(82)53(38(6)7)72(12)63(85)88-35-42-28-30-44(31-29-42)67-58(80)45(24-20-32-65-62(64)84)68-59(81)51(36(2)3)69-48(74)26-19-27-50(76)77/h16-18,22-23,28-31,36-41,45-47,49,51-56,75,78H,15,19-21,24-27,32-35H2,1-14H3,(H,66,79)(H,67,80)(H,68,81)(H,69,74)(H,70,82)(H,76,77)(H3,64,65,84)/t39-,40+,41+,45-,46-,47+,49?,51-,52-,53-,54-,55+,56+/m0/s1. The summed E-state index contributed by atoms with van der Waals surface area (Å²) in [5.74, 6) is -6.12. The van der Waals surface area contributed by atoms with Gasteiger partial charge in [-0.15, -0.1) is 0 Å². The molecule has 25 nitrogen and oxygen atoms in total. The van der Waals surface area contributed by atoms with Crippen LogP contribution in [-0.4, -0.2) is 186 Å². The summed E-state index contributed by atoms with van der Waals surface area (Å²) in [5.41, 5.74) is 6.74. The van der Waals surface area contributed by atoms with Crippen molar-refractivity contribution in [3.05, 3.63) is 65.7 Å². The SMILES string of the molecule is CC[C@H](C)[C@@H]([C@@H](CC(O)N1CCC[C@H]1[C@H](OC)[C@@H](C)C(=O)N[C@H](C)[C@@H](O)c1ccccc1)OC)N(C)C(=O)[C@@H](NC(=O)[C@H](C(C)C)N(C)C(=O)OCc1ccc(NC(=O)[C@H](CCCNC(N)=O)NC(=O)[C@@H](NC(=O)CCCC(=O)O)C(C)C)cc1)C(C)C. The summed E-state index contributed by atoms with van der Waals surface area (Å²) in [6, 6.07) is 8.91. The Morgan fingerprint density at radius 3 is 1.92 bits per heavy atom. The van der Waals surface area contributed by atoms with Crippen LogP contribution in [0.5, 0.6) is 0 Å². The number of amides is 9. The number of ether oxygens (including phenoxy) is 3. The van der Waals surface area contributed by atoms with E-state index in [1.165, 1.54) is 19.1 Å². The number of rotatable bonds is 37. The van der Waals surface area contributed by atoms with Crippen LogP contribution in [0.25, 0.3) is 0 Å². The number of methoxy groups -OCH3 is 2. The molecule has 2 aromatic rings. The number of carboxylic acids is 1. The van der Waals surface area contributed by atoms with Crippen molar-refractivity contribution >= 4 is 59.2 Å². The molecule has 0 bridgehead atoms. The average molecular weight is 1240 g/mol. The van der Waals surface area contributed by atoms with Crippen molar-refractivity contribution < 1.29 is 72.7 Å². The number of urea groups is 1. The maximum Gasteiger partial charge on any atom is 0.410 e. The van der Waals surface area contributed by atoms with Gasteiger partial charge in [0.15, 0.2) is 0 Å². The molecule has 0 aliphatic carbocycles. The molecule has 1 aliphatic heterocycles. The third-order valence-electron chi connectivity index (χ3n) is 16.5. The van der Waals surface area contributed by atoms with Gasteiger partial charge in [-0.3, -0.25) is 43.4 Å². The first-order valence-corrected chi connectivity index (χ1v) is 30.7. The molecule has 2 aromatic carbocycles. The highest BCUT2D eigenvalue weighted by Crippen LogP contribution is 2.32. The van der Waals surface area contributed by atoms with E-state index in [1.807, 2.05) is 50.8 Å². The number of carboxylic acid groups (broad SMARTS) is 1. The number of aliphatic carboxylic acids is 1. The van der Waals surface area contributed by atoms with Crippen LogP contribution in [0.2, 0.25) is 0 Å². The molecule has 0 radical (unpaired) electrons. The lowest BCUT2D eigenvalue weighted by atomic mass is 9.89. The maximum absolute atomic E-state index is 14.8. The molecule has 3 rings (SSSR count). The number of aliphatic hydroxyl groups is 2. The van der Waals surface area contributed by atoms with Gasteiger partial charge in [-0.25, -0.2) is 9.59 Å². The summed E-state index contributed by atoms with van der Waals surface area (Å²) in [6.07, 6.45) is -1.87. The highest BCUT2D eigenvalue weighted by molar-refractivity contribution is 5.98. The predicted molar refractivity (Wildman–Crippen MR) is 332 cm³/mol. The first kappa shape index (κ1) is 75.3. The zero-order chi connectivity index (χ0) is 66.1. The summed E-state index contributed by atoms with van der Waals surface area (Å²) < 4.78 is 17.8. The van der Waals surface area contributed by atoms with Crippen LogP contribution < -0.4 is 37.6 Å². The summed E-state index contributed by atoms with van der Waals surface area (Å²) >= 11 is 0. The zero-order valence-electron chi connectivity index (χ0n) is 54.1. The lowest BCUT2D eigenvalue weighted by Gasteiger charge is -2.42. The largest absolute Gasteiger partial charge is 0.481 e. The van der Waals surface area contributed by atoms with E-state index in [9.17, 15) is 53.4 Å². The Bertz CT molecular complexity index is 2560. The fourth-order valence-corrected chi connectivity index (χ4v) is 11.3. The number of anilines is 1. The van der Waals surface area contributed by atoms with E-state index in [0.29, 0.717) is 36.2 Å². The van der Waals surface area contributed by atoms with Crippen LogP contribution in [-0.2, 0) is 54.4 Å². The molecule has 1 saturated heterocycles. The van der Waals surface area contributed by atoms with Crippen LogP contribution in [0.4, 0.5) is 15.3 Å². The smallest absolute Gasteiger partial charge is 0.410 e. The molecule has 494 valence electrons. The molecule has 0 saturated carbocycles. The van der Waals surface area contributed by atoms with Crippen molar-refractivity contribution in [2.45, 2.75) is 200 Å². The van der Waals surface area contributed by atoms with Gasteiger partial charge in [-0.1, -0.05) is 111 Å². The molecule has 9 amide bonds. The number of likely N-dealkylation sites (tertiary alicyclic amines) is 1. The summed E-state index contributed by atoms with van der Waals surface area (Å²) in [4.78, 5) is 123. The van der Waals surface area contributed by atoms with Gasteiger partial charge in [0.25, 0.3) is 0 Å². The second kappa shape index (κ2) is 37.2. The first-order chi connectivity index (χ1) is 41.5. The second-order valence-corrected chi connectivity index (χ2v) is 24.2. The molecule has 13 atom stereocenters. The van der Waals surface area contributed by atoms with E-state index >= 15 is 0 Å². The third-order valence-corrected chi connectivity index (χ3v) is 16.5. The number of aliphatic hydroxyl groups excluding tert-OH is 2. The van der Waals surface area contributed by atoms with Crippen molar-refractivity contribution in [1.82, 2.24) is 41.3 Å². The van der Waals surface area contributed by atoms with Gasteiger partial charge in [0, 0.05) is 72.4 Å². The molecule has 1 aliphatic rings. The monoisotopic (exact) mass is 1240 g/mol. The van der Waals surface area contributed by atoms with Crippen molar-refractivity contribution in [3.8, 4) is 0 Å². The second-order valence-electron chi connectivity index (χ2n) is 24.2. The number of primary amides is 1. The Morgan fingerprint density at radius 1 is 0.727 bits per heavy atom. The Kier molecular flexibility index (Phi) is 31.8. The van der Waals surface area contributed by atoms with E-state index in [-0.39, 0.29) is 69.5 Å². The van der Waals surface area contributed by atoms with Crippen LogP contribution in [0.15, 0.2) is 54.6 Å². The maximum atomic E-state index is 14.8. The van der Waals surface area contributed by atoms with Gasteiger partial charge in [0.1, 0.15) is 37.0 Å². The van der Waals surface area contributed by atoms with Gasteiger partial charge in [-0.2, -0.15) is 0 Å². The minimum absolute atomic E-state index is 0.0738. The molecule has 1 unspecified atom stereocenters. The van der Waals surface area contributed by atoms with Crippen molar-refractivity contribution in [1.29, 1.82) is 0 Å². The Labute approximate surface area is 519 Å². The van der Waals surface area contributed by atoms with Gasteiger partial charge in [0.2, 0.25) is 35.4 Å². The van der Waals surface area contributed by atoms with Crippen LogP contribution in [0, 0.1) is 29.6 Å². The van der Waals surface area contributed by atoms with Crippen LogP contribution >= 0.6 is 0 Å². The van der Waals surface area contributed by atoms with E-state index < -0.39 is 132 Å². The predicted octanol–water partition coefficient (Wildman–Crippen LogP) is 4.64. The van der Waals surface area contributed by atoms with Gasteiger partial charge in [0.05, 0.1) is 36.3 Å². The van der Waals surface area contributed by atoms with E-state index in [1.54, 1.807) is 97.0 Å². The molecule has 1 heterocycles. The quantitative estimate of drug-likeness (QED) is 0.0412. The molecule has 88 heavy (non-hydrogen) atoms. The van der Waals surface area contributed by atoms with Crippen molar-refractivity contribution in [2.75, 3.05) is 46.7 Å². The summed E-state index contributed by atoms with van der Waals surface area (Å²) in [6.45, 7) is 18.5. The van der Waals surface area contributed by atoms with Crippen LogP contribution in [0.1, 0.15) is 144 Å². The van der Waals surface area contributed by atoms with Gasteiger partial charge < -0.3 is 72.1 Å². The fraction of sp³-hybridized carbons (Fsp3) is 0.667. The highest BCUT2D eigenvalue weighted by atomic mass is 16.6. The van der Waals surface area contributed by atoms with E-state index in [4.69, 9.17) is 25.1 Å². The summed E-state index contributed by atoms with van der Waals surface area (Å²) in [5, 5.41) is 48.4. The average Bonchev–Trinajstić information content (AvgIpc) is 4.06. The number of carbonyl (C=O) groups is 9. The third kappa shape index (κ3) is 22.9. The molecule has 1 fully saturated rings. The topological polar surface area (TPSA) is 350 Å². The molecule has 0 aromatic heterocycles. The number of likely N-dealkylation sites (N-methyl/N-ethyl adjacent to an activating group) is 2. The number of hydrogen-bond acceptors (Lipinski definition) is 15. The first-order valence-electron chi connectivity index (χ1n) is 30.7. The number of nitrogens with one attached hydrogen (secondary N) is 6. The zero-order valence-corrected chi connectivity index (χ0v) is 54.1. The number of carbonyl (C=O) groups excluding carboxylic acids is 8. The van der Waals surface area contributed by atoms with Gasteiger partial charge >= 0.3 is 18.1 Å². The number of benzene rings is 2. The minimum atomic E-state index is -1.12. The van der Waals surface area contributed by atoms with Crippen molar-refractivity contribution in [3.63, 3.8) is 0 Å². The van der Waals surface area contributed by atoms with E-state index in [2.05, 4.69) is 31.9 Å². The molecular weight excluding hydrogens is 1140 g/mol. The van der Waals surface area contributed by atoms with E-state index in [0.717, 1.165) is 6.42 Å². The number of nitrogens with zero attached hydrogens (tertiary/aromatic N) is 3. The lowest BCUT2D eigenvalue weighted by molar-refractivity contribution is -0.146. The Hall–Kier alpha value is -6.93.